The second kappa shape index (κ2) is 8.21. The molecular weight excluding hydrogens is 393 g/mol. The summed E-state index contributed by atoms with van der Waals surface area (Å²) >= 11 is 0. The summed E-state index contributed by atoms with van der Waals surface area (Å²) in [6.45, 7) is 0. The number of carbonyl (C=O) groups is 1. The lowest BCUT2D eigenvalue weighted by Gasteiger charge is -2.11. The molecule has 0 spiro atoms. The second-order valence-corrected chi connectivity index (χ2v) is 5.51. The Morgan fingerprint density at radius 2 is 1.62 bits per heavy atom. The normalized spacial score (nSPS) is 10.3. The molecule has 0 atom stereocenters. The van der Waals surface area contributed by atoms with Crippen LogP contribution in [0, 0.1) is 27.6 Å². The van der Waals surface area contributed by atoms with E-state index in [2.05, 4.69) is 26.1 Å². The van der Waals surface area contributed by atoms with Gasteiger partial charge < -0.3 is 5.32 Å². The summed E-state index contributed by atoms with van der Waals surface area (Å²) in [7, 11) is 0. The van der Waals surface area contributed by atoms with Crippen molar-refractivity contribution in [3.8, 4) is 0 Å². The van der Waals surface area contributed by atoms with Gasteiger partial charge in [-0.3, -0.25) is 25.8 Å². The van der Waals surface area contributed by atoms with Gasteiger partial charge in [-0.25, -0.2) is 23.1 Å². The highest BCUT2D eigenvalue weighted by Crippen LogP contribution is 2.31. The fourth-order valence-electron chi connectivity index (χ4n) is 2.24. The molecule has 9 nitrogen and oxygen atoms in total. The highest BCUT2D eigenvalue weighted by atomic mass is 19.1. The average molecular weight is 404 g/mol. The van der Waals surface area contributed by atoms with E-state index in [-0.39, 0.29) is 11.3 Å². The van der Waals surface area contributed by atoms with E-state index in [1.54, 1.807) is 0 Å². The number of benzene rings is 2. The lowest BCUT2D eigenvalue weighted by atomic mass is 10.2. The molecule has 0 saturated carbocycles. The van der Waals surface area contributed by atoms with Crippen molar-refractivity contribution in [1.82, 2.24) is 15.4 Å². The van der Waals surface area contributed by atoms with Crippen LogP contribution in [0.25, 0.3) is 0 Å². The number of hydrogen-bond donors (Lipinski definition) is 3. The number of hydrogen-bond acceptors (Lipinski definition) is 7. The van der Waals surface area contributed by atoms with Crippen molar-refractivity contribution < 1.29 is 22.9 Å². The van der Waals surface area contributed by atoms with Crippen LogP contribution in [0.1, 0.15) is 10.4 Å². The predicted molar refractivity (Wildman–Crippen MR) is 95.8 cm³/mol. The van der Waals surface area contributed by atoms with E-state index in [9.17, 15) is 28.1 Å². The van der Waals surface area contributed by atoms with E-state index in [4.69, 9.17) is 0 Å². The van der Waals surface area contributed by atoms with E-state index in [1.807, 2.05) is 0 Å². The van der Waals surface area contributed by atoms with Crippen molar-refractivity contribution in [2.75, 3.05) is 10.7 Å². The van der Waals surface area contributed by atoms with E-state index in [0.29, 0.717) is 0 Å². The van der Waals surface area contributed by atoms with Gasteiger partial charge in [0.05, 0.1) is 10.6 Å². The minimum absolute atomic E-state index is 0.0794. The number of rotatable bonds is 6. The van der Waals surface area contributed by atoms with Gasteiger partial charge in [-0.1, -0.05) is 0 Å². The van der Waals surface area contributed by atoms with Crippen molar-refractivity contribution in [2.45, 2.75) is 0 Å². The van der Waals surface area contributed by atoms with E-state index >= 15 is 0 Å². The number of nitrogens with zero attached hydrogens (tertiary/aromatic N) is 3. The van der Waals surface area contributed by atoms with Crippen LogP contribution < -0.4 is 16.2 Å². The topological polar surface area (TPSA) is 122 Å². The minimum Gasteiger partial charge on any atom is -0.332 e. The standard InChI is InChI=1S/C17H11F3N6O3/c18-10-3-1-9(2-4-10)17(27)25-24-16-14(26(28)29)15(21-8-22-16)23-13-7-11(19)5-6-12(13)20/h1-8H,(H,25,27)(H2,21,22,23,24). The van der Waals surface area contributed by atoms with Crippen molar-refractivity contribution >= 4 is 28.9 Å². The van der Waals surface area contributed by atoms with Gasteiger partial charge in [0.25, 0.3) is 5.91 Å². The van der Waals surface area contributed by atoms with Crippen LogP contribution in [0.4, 0.5) is 36.2 Å². The molecule has 0 aliphatic rings. The van der Waals surface area contributed by atoms with Crippen molar-refractivity contribution in [2.24, 2.45) is 0 Å². The van der Waals surface area contributed by atoms with E-state index in [1.165, 1.54) is 12.1 Å². The maximum Gasteiger partial charge on any atom is 0.355 e. The average Bonchev–Trinajstić information content (AvgIpc) is 2.69. The van der Waals surface area contributed by atoms with E-state index < -0.39 is 45.6 Å². The first-order valence-corrected chi connectivity index (χ1v) is 7.88. The molecule has 1 aromatic heterocycles. The van der Waals surface area contributed by atoms with Crippen LogP contribution in [-0.2, 0) is 0 Å². The third kappa shape index (κ3) is 4.55. The zero-order chi connectivity index (χ0) is 21.0. The van der Waals surface area contributed by atoms with Crippen LogP contribution in [0.2, 0.25) is 0 Å². The summed E-state index contributed by atoms with van der Waals surface area (Å²) in [6, 6.07) is 7.07. The molecule has 3 aromatic rings. The highest BCUT2D eigenvalue weighted by Gasteiger charge is 2.24. The van der Waals surface area contributed by atoms with Gasteiger partial charge in [0.15, 0.2) is 0 Å². The Morgan fingerprint density at radius 3 is 2.31 bits per heavy atom. The monoisotopic (exact) mass is 404 g/mol. The Labute approximate surface area is 160 Å². The lowest BCUT2D eigenvalue weighted by molar-refractivity contribution is -0.383. The molecule has 1 amide bonds. The first-order valence-electron chi connectivity index (χ1n) is 7.88. The number of halogens is 3. The minimum atomic E-state index is -0.869. The summed E-state index contributed by atoms with van der Waals surface area (Å²) in [4.78, 5) is 30.0. The molecule has 3 rings (SSSR count). The van der Waals surface area contributed by atoms with Crippen molar-refractivity contribution in [3.63, 3.8) is 0 Å². The first kappa shape index (κ1) is 19.5. The lowest BCUT2D eigenvalue weighted by Crippen LogP contribution is -2.30. The quantitative estimate of drug-likeness (QED) is 0.426. The molecular formula is C17H11F3N6O3. The largest absolute Gasteiger partial charge is 0.355 e. The van der Waals surface area contributed by atoms with Crippen LogP contribution in [0.15, 0.2) is 48.8 Å². The maximum atomic E-state index is 13.8. The number of carbonyl (C=O) groups excluding carboxylic acids is 1. The van der Waals surface area contributed by atoms with Crippen molar-refractivity contribution in [1.29, 1.82) is 0 Å². The molecule has 0 aliphatic heterocycles. The number of anilines is 3. The first-order chi connectivity index (χ1) is 13.8. The molecule has 1 heterocycles. The fourth-order valence-corrected chi connectivity index (χ4v) is 2.24. The molecule has 0 saturated heterocycles. The molecule has 0 aliphatic carbocycles. The Balaban J connectivity index is 1.85. The van der Waals surface area contributed by atoms with Gasteiger partial charge in [0, 0.05) is 11.6 Å². The Hall–Kier alpha value is -4.22. The van der Waals surface area contributed by atoms with Gasteiger partial charge in [-0.2, -0.15) is 0 Å². The summed E-state index contributed by atoms with van der Waals surface area (Å²) in [5, 5.41) is 13.8. The smallest absolute Gasteiger partial charge is 0.332 e. The van der Waals surface area contributed by atoms with Gasteiger partial charge in [0.1, 0.15) is 23.8 Å². The molecule has 3 N–H and O–H groups in total. The second-order valence-electron chi connectivity index (χ2n) is 5.51. The van der Waals surface area contributed by atoms with Gasteiger partial charge >= 0.3 is 5.69 Å². The molecule has 148 valence electrons. The Morgan fingerprint density at radius 1 is 0.966 bits per heavy atom. The van der Waals surface area contributed by atoms with Crippen molar-refractivity contribution in [3.05, 3.63) is 81.9 Å². The van der Waals surface area contributed by atoms with Crippen LogP contribution in [0.5, 0.6) is 0 Å². The molecule has 0 radical (unpaired) electrons. The third-order valence-electron chi connectivity index (χ3n) is 3.59. The fraction of sp³-hybridized carbons (Fsp3) is 0. The van der Waals surface area contributed by atoms with Crippen LogP contribution >= 0.6 is 0 Å². The number of aromatic nitrogens is 2. The molecule has 0 unspecified atom stereocenters. The number of nitro groups is 1. The van der Waals surface area contributed by atoms with Gasteiger partial charge in [-0.05, 0) is 36.4 Å². The third-order valence-corrected chi connectivity index (χ3v) is 3.59. The molecule has 2 aromatic carbocycles. The summed E-state index contributed by atoms with van der Waals surface area (Å²) in [5.74, 6) is -3.74. The summed E-state index contributed by atoms with van der Waals surface area (Å²) in [6.07, 6.45) is 0.916. The van der Waals surface area contributed by atoms with Gasteiger partial charge in [-0.15, -0.1) is 0 Å². The zero-order valence-corrected chi connectivity index (χ0v) is 14.3. The number of hydrazine groups is 1. The molecule has 29 heavy (non-hydrogen) atoms. The Bertz CT molecular complexity index is 1080. The molecule has 0 bridgehead atoms. The SMILES string of the molecule is O=C(NNc1ncnc(Nc2cc(F)ccc2F)c1[N+](=O)[O-])c1ccc(F)cc1. The Kier molecular flexibility index (Phi) is 5.53. The summed E-state index contributed by atoms with van der Waals surface area (Å²) < 4.78 is 40.1. The highest BCUT2D eigenvalue weighted by molar-refractivity contribution is 5.95. The summed E-state index contributed by atoms with van der Waals surface area (Å²) in [5.41, 5.74) is 3.41. The van der Waals surface area contributed by atoms with Crippen LogP contribution in [0.3, 0.4) is 0 Å². The maximum absolute atomic E-state index is 13.8. The molecule has 0 fully saturated rings. The number of amides is 1. The number of nitrogens with one attached hydrogen (secondary N) is 3. The van der Waals surface area contributed by atoms with E-state index in [0.717, 1.165) is 36.7 Å². The van der Waals surface area contributed by atoms with Crippen LogP contribution in [-0.4, -0.2) is 20.8 Å². The predicted octanol–water partition coefficient (Wildman–Crippen LogP) is 3.30. The molecule has 12 heteroatoms. The van der Waals surface area contributed by atoms with Gasteiger partial charge in [0.2, 0.25) is 11.6 Å². The zero-order valence-electron chi connectivity index (χ0n) is 14.3.